The Morgan fingerprint density at radius 2 is 2.00 bits per heavy atom. The quantitative estimate of drug-likeness (QED) is 0.867. The van der Waals surface area contributed by atoms with Crippen molar-refractivity contribution in [2.24, 2.45) is 5.73 Å². The van der Waals surface area contributed by atoms with Gasteiger partial charge in [0.25, 0.3) is 0 Å². The van der Waals surface area contributed by atoms with E-state index in [9.17, 15) is 0 Å². The van der Waals surface area contributed by atoms with E-state index < -0.39 is 0 Å². The van der Waals surface area contributed by atoms with Gasteiger partial charge in [-0.3, -0.25) is 0 Å². The average molecular weight is 229 g/mol. The minimum absolute atomic E-state index is 0.0594. The number of ether oxygens (including phenoxy) is 1. The zero-order valence-electron chi connectivity index (χ0n) is 9.71. The van der Waals surface area contributed by atoms with Crippen molar-refractivity contribution in [3.8, 4) is 5.88 Å². The molecule has 4 heteroatoms. The second kappa shape index (κ2) is 5.41. The van der Waals surface area contributed by atoms with Gasteiger partial charge >= 0.3 is 0 Å². The highest BCUT2D eigenvalue weighted by molar-refractivity contribution is 5.21. The number of rotatable bonds is 4. The number of nitrogens with two attached hydrogens (primary N) is 1. The molecule has 0 radical (unpaired) electrons. The first-order valence-electron chi connectivity index (χ1n) is 5.45. The molecule has 4 nitrogen and oxygen atoms in total. The van der Waals surface area contributed by atoms with E-state index in [0.29, 0.717) is 12.3 Å². The lowest BCUT2D eigenvalue weighted by atomic mass is 10.0. The van der Waals surface area contributed by atoms with Crippen molar-refractivity contribution < 1.29 is 4.74 Å². The monoisotopic (exact) mass is 229 g/mol. The average Bonchev–Trinajstić information content (AvgIpc) is 2.40. The molecule has 0 aliphatic carbocycles. The Kier molecular flexibility index (Phi) is 3.67. The molecule has 0 amide bonds. The van der Waals surface area contributed by atoms with E-state index in [4.69, 9.17) is 10.5 Å². The molecule has 0 bridgehead atoms. The Hall–Kier alpha value is -1.94. The van der Waals surface area contributed by atoms with E-state index in [2.05, 4.69) is 9.97 Å². The van der Waals surface area contributed by atoms with Crippen LogP contribution < -0.4 is 10.5 Å². The third-order valence-electron chi connectivity index (χ3n) is 2.56. The van der Waals surface area contributed by atoms with Crippen LogP contribution in [0.3, 0.4) is 0 Å². The molecular formula is C13H15N3O. The van der Waals surface area contributed by atoms with Crippen LogP contribution in [-0.4, -0.2) is 17.1 Å². The van der Waals surface area contributed by atoms with Crippen LogP contribution >= 0.6 is 0 Å². The zero-order valence-corrected chi connectivity index (χ0v) is 9.71. The predicted octanol–water partition coefficient (Wildman–Crippen LogP) is 1.73. The van der Waals surface area contributed by atoms with Gasteiger partial charge in [0.2, 0.25) is 5.88 Å². The van der Waals surface area contributed by atoms with Gasteiger partial charge in [-0.2, -0.15) is 0 Å². The van der Waals surface area contributed by atoms with Crippen LogP contribution in [0.15, 0.2) is 42.7 Å². The lowest BCUT2D eigenvalue weighted by molar-refractivity contribution is 0.395. The summed E-state index contributed by atoms with van der Waals surface area (Å²) < 4.78 is 5.05. The molecule has 0 spiro atoms. The Morgan fingerprint density at radius 1 is 1.24 bits per heavy atom. The highest BCUT2D eigenvalue weighted by Crippen LogP contribution is 2.16. The van der Waals surface area contributed by atoms with Crippen LogP contribution in [0.4, 0.5) is 0 Å². The van der Waals surface area contributed by atoms with Crippen LogP contribution in [0, 0.1) is 0 Å². The van der Waals surface area contributed by atoms with E-state index in [1.54, 1.807) is 7.11 Å². The zero-order chi connectivity index (χ0) is 12.1. The van der Waals surface area contributed by atoms with Gasteiger partial charge in [0.1, 0.15) is 6.33 Å². The molecular weight excluding hydrogens is 214 g/mol. The molecule has 0 saturated carbocycles. The lowest BCUT2D eigenvalue weighted by Gasteiger charge is -2.11. The molecule has 2 N–H and O–H groups in total. The summed E-state index contributed by atoms with van der Waals surface area (Å²) in [6, 6.07) is 11.7. The van der Waals surface area contributed by atoms with Crippen molar-refractivity contribution >= 4 is 0 Å². The molecule has 88 valence electrons. The van der Waals surface area contributed by atoms with Crippen molar-refractivity contribution in [3.05, 3.63) is 54.0 Å². The summed E-state index contributed by atoms with van der Waals surface area (Å²) >= 11 is 0. The Balaban J connectivity index is 2.10. The van der Waals surface area contributed by atoms with Crippen molar-refractivity contribution in [3.63, 3.8) is 0 Å². The third-order valence-corrected chi connectivity index (χ3v) is 2.56. The van der Waals surface area contributed by atoms with Gasteiger partial charge in [-0.05, 0) is 5.56 Å². The minimum atomic E-state index is -0.0594. The third kappa shape index (κ3) is 3.01. The van der Waals surface area contributed by atoms with E-state index in [-0.39, 0.29) is 6.04 Å². The molecule has 0 aliphatic heterocycles. The van der Waals surface area contributed by atoms with Gasteiger partial charge in [-0.1, -0.05) is 30.3 Å². The maximum absolute atomic E-state index is 6.12. The largest absolute Gasteiger partial charge is 0.481 e. The van der Waals surface area contributed by atoms with Crippen LogP contribution in [0.5, 0.6) is 5.88 Å². The fraction of sp³-hybridized carbons (Fsp3) is 0.231. The van der Waals surface area contributed by atoms with E-state index in [1.807, 2.05) is 36.4 Å². The molecule has 2 aromatic rings. The molecule has 1 aromatic heterocycles. The molecule has 17 heavy (non-hydrogen) atoms. The Labute approximate surface area is 100 Å². The number of aromatic nitrogens is 2. The summed E-state index contributed by atoms with van der Waals surface area (Å²) in [5.41, 5.74) is 8.10. The smallest absolute Gasteiger partial charge is 0.216 e. The standard InChI is InChI=1S/C13H15N3O/c1-17-13-8-11(15-9-16-13)7-12(14)10-5-3-2-4-6-10/h2-6,8-9,12H,7,14H2,1H3. The molecule has 0 saturated heterocycles. The first-order chi connectivity index (χ1) is 8.29. The second-order valence-electron chi connectivity index (χ2n) is 3.77. The predicted molar refractivity (Wildman–Crippen MR) is 65.7 cm³/mol. The van der Waals surface area contributed by atoms with Crippen molar-refractivity contribution in [1.82, 2.24) is 9.97 Å². The fourth-order valence-electron chi connectivity index (χ4n) is 1.64. The molecule has 1 aromatic carbocycles. The maximum atomic E-state index is 6.12. The highest BCUT2D eigenvalue weighted by atomic mass is 16.5. The van der Waals surface area contributed by atoms with Crippen molar-refractivity contribution in [2.45, 2.75) is 12.5 Å². The molecule has 0 fully saturated rings. The summed E-state index contributed by atoms with van der Waals surface area (Å²) in [5, 5.41) is 0. The molecule has 1 atom stereocenters. The molecule has 1 heterocycles. The van der Waals surface area contributed by atoms with Gasteiger partial charge in [0.15, 0.2) is 0 Å². The van der Waals surface area contributed by atoms with Crippen molar-refractivity contribution in [2.75, 3.05) is 7.11 Å². The van der Waals surface area contributed by atoms with Gasteiger partial charge in [0, 0.05) is 24.2 Å². The van der Waals surface area contributed by atoms with Crippen LogP contribution in [0.2, 0.25) is 0 Å². The van der Waals surface area contributed by atoms with E-state index >= 15 is 0 Å². The summed E-state index contributed by atoms with van der Waals surface area (Å²) in [7, 11) is 1.59. The van der Waals surface area contributed by atoms with Crippen molar-refractivity contribution in [1.29, 1.82) is 0 Å². The van der Waals surface area contributed by atoms with Gasteiger partial charge in [-0.25, -0.2) is 9.97 Å². The number of benzene rings is 1. The number of nitrogens with zero attached hydrogens (tertiary/aromatic N) is 2. The van der Waals surface area contributed by atoms with Crippen LogP contribution in [0.1, 0.15) is 17.3 Å². The SMILES string of the molecule is COc1cc(CC(N)c2ccccc2)ncn1. The van der Waals surface area contributed by atoms with Crippen LogP contribution in [-0.2, 0) is 6.42 Å². The minimum Gasteiger partial charge on any atom is -0.481 e. The number of hydrogen-bond donors (Lipinski definition) is 1. The molecule has 1 unspecified atom stereocenters. The van der Waals surface area contributed by atoms with Gasteiger partial charge in [-0.15, -0.1) is 0 Å². The molecule has 0 aliphatic rings. The summed E-state index contributed by atoms with van der Waals surface area (Å²) in [6.45, 7) is 0. The highest BCUT2D eigenvalue weighted by Gasteiger charge is 2.08. The van der Waals surface area contributed by atoms with E-state index in [0.717, 1.165) is 11.3 Å². The van der Waals surface area contributed by atoms with Gasteiger partial charge in [0.05, 0.1) is 7.11 Å². The number of hydrogen-bond acceptors (Lipinski definition) is 4. The topological polar surface area (TPSA) is 61.0 Å². The Morgan fingerprint density at radius 3 is 2.71 bits per heavy atom. The molecule has 2 rings (SSSR count). The first kappa shape index (κ1) is 11.5. The maximum Gasteiger partial charge on any atom is 0.216 e. The fourth-order valence-corrected chi connectivity index (χ4v) is 1.64. The summed E-state index contributed by atoms with van der Waals surface area (Å²) in [4.78, 5) is 8.15. The van der Waals surface area contributed by atoms with Gasteiger partial charge < -0.3 is 10.5 Å². The van der Waals surface area contributed by atoms with E-state index in [1.165, 1.54) is 6.33 Å². The summed E-state index contributed by atoms with van der Waals surface area (Å²) in [6.07, 6.45) is 2.16. The second-order valence-corrected chi connectivity index (χ2v) is 3.77. The summed E-state index contributed by atoms with van der Waals surface area (Å²) in [5.74, 6) is 0.565. The lowest BCUT2D eigenvalue weighted by Crippen LogP contribution is -2.14. The Bertz CT molecular complexity index is 473. The normalized spacial score (nSPS) is 12.1. The first-order valence-corrected chi connectivity index (χ1v) is 5.45. The van der Waals surface area contributed by atoms with Crippen LogP contribution in [0.25, 0.3) is 0 Å². The number of methoxy groups -OCH3 is 1.